The van der Waals surface area contributed by atoms with Crippen LogP contribution in [0.5, 0.6) is 0 Å². The van der Waals surface area contributed by atoms with Gasteiger partial charge in [0.25, 0.3) is 0 Å². The fraction of sp³-hybridized carbons (Fsp3) is 0.533. The number of dihydropyridines is 1. The van der Waals surface area contributed by atoms with E-state index in [1.807, 2.05) is 26.8 Å². The van der Waals surface area contributed by atoms with Gasteiger partial charge < -0.3 is 25.9 Å². The van der Waals surface area contributed by atoms with Gasteiger partial charge in [0.1, 0.15) is 5.60 Å². The van der Waals surface area contributed by atoms with Gasteiger partial charge in [-0.15, -0.1) is 0 Å². The van der Waals surface area contributed by atoms with Crippen molar-refractivity contribution in [3.63, 3.8) is 0 Å². The van der Waals surface area contributed by atoms with Crippen LogP contribution < -0.4 is 16.3 Å². The summed E-state index contributed by atoms with van der Waals surface area (Å²) in [5.41, 5.74) is 6.92. The maximum Gasteiger partial charge on any atom is 0.410 e. The quantitative estimate of drug-likeness (QED) is 0.531. The highest BCUT2D eigenvalue weighted by Crippen LogP contribution is 2.24. The SMILES string of the molecule is CC(C)(C)OC(=O)N1CC=C(C2=C([NH+]([O-])O)C(N)NC=C2)CC1. The average molecular weight is 324 g/mol. The number of nitrogens with two attached hydrogens (primary N) is 1. The first kappa shape index (κ1) is 17.5. The molecule has 2 unspecified atom stereocenters. The van der Waals surface area contributed by atoms with Gasteiger partial charge in [-0.05, 0) is 45.0 Å². The summed E-state index contributed by atoms with van der Waals surface area (Å²) in [6.45, 7) is 6.33. The van der Waals surface area contributed by atoms with Crippen molar-refractivity contribution in [2.24, 2.45) is 5.73 Å². The van der Waals surface area contributed by atoms with E-state index in [4.69, 9.17) is 10.5 Å². The minimum absolute atomic E-state index is 0.143. The third-order valence-corrected chi connectivity index (χ3v) is 3.56. The Morgan fingerprint density at radius 3 is 2.78 bits per heavy atom. The molecule has 2 aliphatic heterocycles. The Hall–Kier alpha value is -1.87. The Bertz CT molecular complexity index is 560. The number of amides is 1. The molecule has 2 aliphatic rings. The van der Waals surface area contributed by atoms with E-state index in [-0.39, 0.29) is 11.8 Å². The second kappa shape index (κ2) is 6.71. The number of ether oxygens (including phenoxy) is 1. The highest BCUT2D eigenvalue weighted by atomic mass is 16.8. The molecule has 8 heteroatoms. The first-order valence-electron chi connectivity index (χ1n) is 7.52. The molecule has 8 nitrogen and oxygen atoms in total. The van der Waals surface area contributed by atoms with Gasteiger partial charge in [-0.1, -0.05) is 6.08 Å². The van der Waals surface area contributed by atoms with E-state index in [9.17, 15) is 15.2 Å². The van der Waals surface area contributed by atoms with Crippen molar-refractivity contribution >= 4 is 6.09 Å². The highest BCUT2D eigenvalue weighted by Gasteiger charge is 2.28. The second-order valence-electron chi connectivity index (χ2n) is 6.52. The predicted octanol–water partition coefficient (Wildman–Crippen LogP) is -0.0187. The van der Waals surface area contributed by atoms with Crippen molar-refractivity contribution in [2.45, 2.75) is 39.0 Å². The van der Waals surface area contributed by atoms with Crippen molar-refractivity contribution in [1.82, 2.24) is 10.2 Å². The minimum atomic E-state index is -1.04. The molecule has 0 aromatic rings. The fourth-order valence-electron chi connectivity index (χ4n) is 2.51. The van der Waals surface area contributed by atoms with E-state index in [1.165, 1.54) is 0 Å². The molecule has 0 bridgehead atoms. The summed E-state index contributed by atoms with van der Waals surface area (Å²) in [4.78, 5) is 13.6. The van der Waals surface area contributed by atoms with E-state index in [1.54, 1.807) is 17.2 Å². The van der Waals surface area contributed by atoms with Crippen molar-refractivity contribution in [3.8, 4) is 0 Å². The third-order valence-electron chi connectivity index (χ3n) is 3.56. The molecule has 0 aliphatic carbocycles. The molecule has 0 saturated carbocycles. The zero-order valence-electron chi connectivity index (χ0n) is 13.6. The van der Waals surface area contributed by atoms with Gasteiger partial charge in [-0.3, -0.25) is 0 Å². The number of rotatable bonds is 2. The van der Waals surface area contributed by atoms with Crippen LogP contribution in [0.4, 0.5) is 4.79 Å². The topological polar surface area (TPSA) is 115 Å². The van der Waals surface area contributed by atoms with Crippen LogP contribution in [0.2, 0.25) is 0 Å². The Kier molecular flexibility index (Phi) is 5.10. The van der Waals surface area contributed by atoms with Crippen LogP contribution in [0.25, 0.3) is 0 Å². The largest absolute Gasteiger partial charge is 0.595 e. The van der Waals surface area contributed by atoms with Gasteiger partial charge in [0.2, 0.25) is 0 Å². The Morgan fingerprint density at radius 1 is 1.57 bits per heavy atom. The van der Waals surface area contributed by atoms with Gasteiger partial charge in [-0.2, -0.15) is 5.23 Å². The molecule has 1 amide bonds. The molecule has 23 heavy (non-hydrogen) atoms. The number of carbonyl (C=O) groups excluding carboxylic acids is 1. The number of quaternary nitrogens is 1. The molecule has 5 N–H and O–H groups in total. The number of nitrogens with one attached hydrogen (secondary N) is 2. The molecular weight excluding hydrogens is 300 g/mol. The van der Waals surface area contributed by atoms with Crippen LogP contribution in [0, 0.1) is 5.21 Å². The lowest BCUT2D eigenvalue weighted by molar-refractivity contribution is -1.02. The zero-order chi connectivity index (χ0) is 17.2. The van der Waals surface area contributed by atoms with Crippen molar-refractivity contribution in [2.75, 3.05) is 13.1 Å². The lowest BCUT2D eigenvalue weighted by Gasteiger charge is -2.31. The average Bonchev–Trinajstić information content (AvgIpc) is 2.45. The smallest absolute Gasteiger partial charge is 0.410 e. The molecule has 2 atom stereocenters. The summed E-state index contributed by atoms with van der Waals surface area (Å²) in [6, 6.07) is 0. The van der Waals surface area contributed by atoms with E-state index >= 15 is 0 Å². The molecule has 128 valence electrons. The van der Waals surface area contributed by atoms with Crippen molar-refractivity contribution in [3.05, 3.63) is 40.4 Å². The molecule has 0 saturated heterocycles. The van der Waals surface area contributed by atoms with Crippen molar-refractivity contribution < 1.29 is 20.0 Å². The molecule has 0 aromatic heterocycles. The summed E-state index contributed by atoms with van der Waals surface area (Å²) in [7, 11) is 0. The molecular formula is C15H24N4O4. The Labute approximate surface area is 135 Å². The fourth-order valence-corrected chi connectivity index (χ4v) is 2.51. The Balaban J connectivity index is 2.14. The maximum atomic E-state index is 12.0. The van der Waals surface area contributed by atoms with Crippen LogP contribution in [0.3, 0.4) is 0 Å². The summed E-state index contributed by atoms with van der Waals surface area (Å²) in [6.07, 6.45) is 4.67. The normalized spacial score (nSPS) is 23.3. The summed E-state index contributed by atoms with van der Waals surface area (Å²) in [5.74, 6) is 0. The van der Waals surface area contributed by atoms with Crippen LogP contribution in [0.15, 0.2) is 35.2 Å². The van der Waals surface area contributed by atoms with E-state index in [0.717, 1.165) is 5.57 Å². The van der Waals surface area contributed by atoms with Gasteiger partial charge in [0.05, 0.1) is 0 Å². The number of nitrogens with zero attached hydrogens (tertiary/aromatic N) is 1. The first-order valence-corrected chi connectivity index (χ1v) is 7.52. The first-order chi connectivity index (χ1) is 10.7. The van der Waals surface area contributed by atoms with E-state index in [0.29, 0.717) is 25.1 Å². The summed E-state index contributed by atoms with van der Waals surface area (Å²) >= 11 is 0. The standard InChI is InChI=1S/C15H24N4O4/c1-15(2,3)23-14(20)18-8-5-10(6-9-18)11-4-7-17-13(16)12(11)19(21)22/h4-5,7,13,17,19,21H,6,8-9,16H2,1-3H3. The highest BCUT2D eigenvalue weighted by molar-refractivity contribution is 5.69. The van der Waals surface area contributed by atoms with E-state index in [2.05, 4.69) is 5.32 Å². The van der Waals surface area contributed by atoms with Crippen LogP contribution in [-0.4, -0.2) is 41.1 Å². The van der Waals surface area contributed by atoms with Crippen molar-refractivity contribution in [1.29, 1.82) is 0 Å². The van der Waals surface area contributed by atoms with Gasteiger partial charge >= 0.3 is 6.09 Å². The predicted molar refractivity (Wildman–Crippen MR) is 83.9 cm³/mol. The number of hydrogen-bond acceptors (Lipinski definition) is 6. The van der Waals surface area contributed by atoms with Crippen LogP contribution in [-0.2, 0) is 4.74 Å². The molecule has 0 radical (unpaired) electrons. The van der Waals surface area contributed by atoms with Gasteiger partial charge in [0, 0.05) is 18.7 Å². The van der Waals surface area contributed by atoms with Crippen LogP contribution in [0.1, 0.15) is 27.2 Å². The van der Waals surface area contributed by atoms with Gasteiger partial charge in [-0.25, -0.2) is 10.0 Å². The second-order valence-corrected chi connectivity index (χ2v) is 6.52. The Morgan fingerprint density at radius 2 is 2.26 bits per heavy atom. The summed E-state index contributed by atoms with van der Waals surface area (Å²) in [5, 5.41) is 22.5. The molecule has 2 rings (SSSR count). The number of hydroxylamine groups is 2. The number of hydrogen-bond donors (Lipinski definition) is 4. The lowest BCUT2D eigenvalue weighted by atomic mass is 9.95. The van der Waals surface area contributed by atoms with Crippen LogP contribution >= 0.6 is 0 Å². The lowest BCUT2D eigenvalue weighted by Crippen LogP contribution is -3.05. The maximum absolute atomic E-state index is 12.0. The third kappa shape index (κ3) is 4.32. The molecule has 0 fully saturated rings. The molecule has 0 spiro atoms. The molecule has 2 heterocycles. The summed E-state index contributed by atoms with van der Waals surface area (Å²) < 4.78 is 5.34. The van der Waals surface area contributed by atoms with Gasteiger partial charge in [0.15, 0.2) is 11.9 Å². The number of carbonyl (C=O) groups is 1. The zero-order valence-corrected chi connectivity index (χ0v) is 13.6. The van der Waals surface area contributed by atoms with E-state index < -0.39 is 17.0 Å². The monoisotopic (exact) mass is 324 g/mol. The minimum Gasteiger partial charge on any atom is -0.595 e. The number of allylic oxidation sites excluding steroid dienone is 2. The molecule has 0 aromatic carbocycles.